The summed E-state index contributed by atoms with van der Waals surface area (Å²) < 4.78 is 5.19. The predicted molar refractivity (Wildman–Crippen MR) is 56.1 cm³/mol. The Labute approximate surface area is 90.4 Å². The summed E-state index contributed by atoms with van der Waals surface area (Å²) in [4.78, 5) is 2.13. The van der Waals surface area contributed by atoms with Gasteiger partial charge in [-0.2, -0.15) is 0 Å². The lowest BCUT2D eigenvalue weighted by molar-refractivity contribution is 0.0617. The summed E-state index contributed by atoms with van der Waals surface area (Å²) in [6.07, 6.45) is 0.287. The SMILES string of the molecule is CC1N(C)NC([S-])N1CCOCCO. The summed E-state index contributed by atoms with van der Waals surface area (Å²) in [5.41, 5.74) is 3.06. The summed E-state index contributed by atoms with van der Waals surface area (Å²) in [5.74, 6) is 0. The minimum absolute atomic E-state index is 0.0623. The lowest BCUT2D eigenvalue weighted by Gasteiger charge is -2.30. The highest BCUT2D eigenvalue weighted by Crippen LogP contribution is 2.12. The van der Waals surface area contributed by atoms with Crippen molar-refractivity contribution in [2.75, 3.05) is 33.4 Å². The van der Waals surface area contributed by atoms with E-state index in [1.54, 1.807) is 0 Å². The zero-order valence-corrected chi connectivity index (χ0v) is 9.46. The van der Waals surface area contributed by atoms with E-state index in [1.807, 2.05) is 12.1 Å². The maximum absolute atomic E-state index is 8.52. The first-order chi connectivity index (χ1) is 6.66. The Hall–Kier alpha value is 0.150. The molecule has 0 saturated carbocycles. The van der Waals surface area contributed by atoms with Crippen LogP contribution in [0.3, 0.4) is 0 Å². The molecule has 5 nitrogen and oxygen atoms in total. The average Bonchev–Trinajstić information content (AvgIpc) is 2.38. The van der Waals surface area contributed by atoms with Crippen molar-refractivity contribution >= 4 is 12.6 Å². The van der Waals surface area contributed by atoms with Crippen molar-refractivity contribution in [1.29, 1.82) is 0 Å². The third-order valence-electron chi connectivity index (χ3n) is 2.39. The van der Waals surface area contributed by atoms with Crippen molar-refractivity contribution in [3.8, 4) is 0 Å². The number of nitrogens with zero attached hydrogens (tertiary/aromatic N) is 2. The Kier molecular flexibility index (Phi) is 5.14. The van der Waals surface area contributed by atoms with E-state index < -0.39 is 0 Å². The van der Waals surface area contributed by atoms with Crippen LogP contribution in [0.25, 0.3) is 0 Å². The van der Waals surface area contributed by atoms with E-state index in [0.717, 1.165) is 6.54 Å². The predicted octanol–water partition coefficient (Wildman–Crippen LogP) is -1.08. The highest BCUT2D eigenvalue weighted by atomic mass is 32.1. The zero-order chi connectivity index (χ0) is 10.6. The molecule has 1 aliphatic heterocycles. The molecule has 0 bridgehead atoms. The van der Waals surface area contributed by atoms with Gasteiger partial charge in [-0.25, -0.2) is 5.01 Å². The molecule has 1 heterocycles. The van der Waals surface area contributed by atoms with Crippen molar-refractivity contribution in [3.63, 3.8) is 0 Å². The van der Waals surface area contributed by atoms with Gasteiger partial charge in [-0.3, -0.25) is 10.3 Å². The number of hydrogen-bond donors (Lipinski definition) is 2. The molecule has 1 fully saturated rings. The van der Waals surface area contributed by atoms with Gasteiger partial charge in [0.25, 0.3) is 0 Å². The molecule has 14 heavy (non-hydrogen) atoms. The largest absolute Gasteiger partial charge is 0.757 e. The molecule has 1 rings (SSSR count). The van der Waals surface area contributed by atoms with Crippen molar-refractivity contribution in [3.05, 3.63) is 0 Å². The zero-order valence-electron chi connectivity index (χ0n) is 8.64. The Bertz CT molecular complexity index is 173. The van der Waals surface area contributed by atoms with Crippen LogP contribution in [0.1, 0.15) is 6.92 Å². The molecule has 0 amide bonds. The fourth-order valence-electron chi connectivity index (χ4n) is 1.42. The van der Waals surface area contributed by atoms with Gasteiger partial charge in [0, 0.05) is 13.6 Å². The maximum atomic E-state index is 8.52. The number of rotatable bonds is 5. The second kappa shape index (κ2) is 5.89. The van der Waals surface area contributed by atoms with Gasteiger partial charge in [0.1, 0.15) is 0 Å². The van der Waals surface area contributed by atoms with Gasteiger partial charge in [-0.15, -0.1) is 0 Å². The summed E-state index contributed by atoms with van der Waals surface area (Å²) in [6.45, 7) is 3.95. The van der Waals surface area contributed by atoms with Crippen LogP contribution in [0, 0.1) is 0 Å². The quantitative estimate of drug-likeness (QED) is 0.454. The van der Waals surface area contributed by atoms with Crippen molar-refractivity contribution in [2.24, 2.45) is 0 Å². The standard InChI is InChI=1S/C8H19N3O2S/c1-7-10(2)9-8(14)11(7)3-5-13-6-4-12/h7-9,12,14H,3-6H2,1-2H3/p-1. The summed E-state index contributed by atoms with van der Waals surface area (Å²) in [7, 11) is 1.97. The third kappa shape index (κ3) is 3.08. The van der Waals surface area contributed by atoms with Crippen LogP contribution in [0.4, 0.5) is 0 Å². The molecule has 0 spiro atoms. The highest BCUT2D eigenvalue weighted by Gasteiger charge is 2.26. The molecule has 6 heteroatoms. The second-order valence-electron chi connectivity index (χ2n) is 3.30. The molecule has 2 atom stereocenters. The van der Waals surface area contributed by atoms with Crippen LogP contribution in [0.2, 0.25) is 0 Å². The van der Waals surface area contributed by atoms with Crippen LogP contribution in [-0.4, -0.2) is 60.1 Å². The normalized spacial score (nSPS) is 30.0. The van der Waals surface area contributed by atoms with Gasteiger partial charge < -0.3 is 22.5 Å². The van der Waals surface area contributed by atoms with E-state index >= 15 is 0 Å². The van der Waals surface area contributed by atoms with Crippen molar-refractivity contribution in [2.45, 2.75) is 18.6 Å². The number of hydrazine groups is 1. The molecule has 2 N–H and O–H groups in total. The first kappa shape index (κ1) is 12.2. The molecule has 0 radical (unpaired) electrons. The van der Waals surface area contributed by atoms with Crippen molar-refractivity contribution < 1.29 is 9.84 Å². The lowest BCUT2D eigenvalue weighted by Crippen LogP contribution is -2.39. The second-order valence-corrected chi connectivity index (χ2v) is 3.74. The summed E-state index contributed by atoms with van der Waals surface area (Å²) in [5, 5.41) is 10.5. The van der Waals surface area contributed by atoms with Gasteiger partial charge in [-0.1, -0.05) is 0 Å². The van der Waals surface area contributed by atoms with Crippen LogP contribution in [-0.2, 0) is 17.4 Å². The van der Waals surface area contributed by atoms with Gasteiger partial charge in [0.15, 0.2) is 0 Å². The fourth-order valence-corrected chi connectivity index (χ4v) is 1.86. The van der Waals surface area contributed by atoms with Crippen LogP contribution >= 0.6 is 0 Å². The monoisotopic (exact) mass is 220 g/mol. The number of hydrogen-bond acceptors (Lipinski definition) is 6. The molecule has 0 aliphatic carbocycles. The summed E-state index contributed by atoms with van der Waals surface area (Å²) in [6, 6.07) is 0. The van der Waals surface area contributed by atoms with Gasteiger partial charge in [0.05, 0.1) is 26.0 Å². The van der Waals surface area contributed by atoms with Gasteiger partial charge in [0.2, 0.25) is 0 Å². The maximum Gasteiger partial charge on any atom is 0.0723 e. The van der Waals surface area contributed by atoms with E-state index in [0.29, 0.717) is 13.2 Å². The smallest absolute Gasteiger partial charge is 0.0723 e. The highest BCUT2D eigenvalue weighted by molar-refractivity contribution is 7.59. The van der Waals surface area contributed by atoms with E-state index in [9.17, 15) is 0 Å². The number of ether oxygens (including phenoxy) is 1. The molecule has 1 aliphatic rings. The molecule has 1 saturated heterocycles. The first-order valence-corrected chi connectivity index (χ1v) is 5.23. The lowest BCUT2D eigenvalue weighted by atomic mass is 10.4. The van der Waals surface area contributed by atoms with Crippen molar-refractivity contribution in [1.82, 2.24) is 15.3 Å². The fraction of sp³-hybridized carbons (Fsp3) is 1.00. The Morgan fingerprint density at radius 3 is 2.71 bits per heavy atom. The minimum atomic E-state index is -0.0623. The van der Waals surface area contributed by atoms with Gasteiger partial charge >= 0.3 is 0 Å². The first-order valence-electron chi connectivity index (χ1n) is 4.76. The minimum Gasteiger partial charge on any atom is -0.757 e. The van der Waals surface area contributed by atoms with Gasteiger partial charge in [-0.05, 0) is 12.4 Å². The van der Waals surface area contributed by atoms with E-state index in [2.05, 4.69) is 17.2 Å². The average molecular weight is 220 g/mol. The molecule has 0 aromatic heterocycles. The molecule has 84 valence electrons. The Balaban J connectivity index is 2.22. The Morgan fingerprint density at radius 1 is 1.50 bits per heavy atom. The van der Waals surface area contributed by atoms with E-state index in [4.69, 9.17) is 22.5 Å². The van der Waals surface area contributed by atoms with E-state index in [-0.39, 0.29) is 18.3 Å². The summed E-state index contributed by atoms with van der Waals surface area (Å²) >= 11 is 5.22. The molecule has 0 aromatic carbocycles. The molecular weight excluding hydrogens is 202 g/mol. The third-order valence-corrected chi connectivity index (χ3v) is 2.76. The van der Waals surface area contributed by atoms with Crippen LogP contribution < -0.4 is 5.43 Å². The number of aliphatic hydroxyl groups is 1. The molecular formula is C8H18N3O2S-. The molecule has 2 unspecified atom stereocenters. The number of aliphatic hydroxyl groups excluding tert-OH is 1. The van der Waals surface area contributed by atoms with Crippen LogP contribution in [0.15, 0.2) is 0 Å². The molecule has 0 aromatic rings. The van der Waals surface area contributed by atoms with E-state index in [1.165, 1.54) is 0 Å². The Morgan fingerprint density at radius 2 is 2.21 bits per heavy atom. The number of nitrogens with one attached hydrogen (secondary N) is 1. The topological polar surface area (TPSA) is 48.0 Å². The van der Waals surface area contributed by atoms with Crippen LogP contribution in [0.5, 0.6) is 0 Å².